The molecule has 5 atom stereocenters. The molecule has 0 aliphatic carbocycles. The molecule has 7 heteroatoms. The van der Waals surface area contributed by atoms with Crippen LogP contribution in [0.5, 0.6) is 0 Å². The first-order valence-electron chi connectivity index (χ1n) is 17.9. The van der Waals surface area contributed by atoms with Gasteiger partial charge in [-0.2, -0.15) is 0 Å². The summed E-state index contributed by atoms with van der Waals surface area (Å²) >= 11 is 0. The van der Waals surface area contributed by atoms with Gasteiger partial charge in [0.1, 0.15) is 30.5 Å². The third-order valence-electron chi connectivity index (χ3n) is 9.65. The van der Waals surface area contributed by atoms with Crippen LogP contribution in [0.3, 0.4) is 0 Å². The molecular weight excluding hydrogens is 653 g/mol. The largest absolute Gasteiger partial charge is 0.405 e. The molecule has 0 saturated carbocycles. The molecule has 266 valence electrons. The van der Waals surface area contributed by atoms with E-state index in [1.807, 2.05) is 91.0 Å². The van der Waals surface area contributed by atoms with Crippen LogP contribution in [-0.4, -0.2) is 57.2 Å². The zero-order valence-electron chi connectivity index (χ0n) is 29.8. The summed E-state index contributed by atoms with van der Waals surface area (Å²) in [5.74, 6) is 0. The lowest BCUT2D eigenvalue weighted by molar-refractivity contribution is -0.274. The standard InChI is InChI=1S/C44H50O6Si/c1-44(2,3)51(37-25-15-7-16-26-37,38-27-17-8-18-28-38)49-33-40-42(47-31-35-21-11-5-12-22-35)43(48-32-36-23-13-6-14-24-36)41(39(29-45)50-40)46-30-34-19-9-4-10-20-34/h4-28,39-43,45H,29-33H2,1-3H3/t39-,40+,41-,42-,43+/m0/s1. The van der Waals surface area contributed by atoms with Crippen molar-refractivity contribution in [2.24, 2.45) is 0 Å². The number of aliphatic hydroxyl groups excluding tert-OH is 1. The summed E-state index contributed by atoms with van der Waals surface area (Å²) in [4.78, 5) is 0. The Morgan fingerprint density at radius 2 is 0.863 bits per heavy atom. The van der Waals surface area contributed by atoms with Gasteiger partial charge in [0.15, 0.2) is 0 Å². The fraction of sp³-hybridized carbons (Fsp3) is 0.318. The fourth-order valence-corrected chi connectivity index (χ4v) is 11.7. The van der Waals surface area contributed by atoms with E-state index in [-0.39, 0.29) is 18.3 Å². The van der Waals surface area contributed by atoms with E-state index in [1.54, 1.807) is 0 Å². The smallest absolute Gasteiger partial charge is 0.261 e. The summed E-state index contributed by atoms with van der Waals surface area (Å²) in [6.07, 6.45) is -2.99. The Hall–Kier alpha value is -3.92. The maximum Gasteiger partial charge on any atom is 0.261 e. The molecule has 1 N–H and O–H groups in total. The molecule has 0 spiro atoms. The molecule has 0 aromatic heterocycles. The van der Waals surface area contributed by atoms with E-state index in [0.717, 1.165) is 16.7 Å². The molecule has 0 amide bonds. The van der Waals surface area contributed by atoms with Crippen LogP contribution in [0.15, 0.2) is 152 Å². The Kier molecular flexibility index (Phi) is 12.7. The first-order chi connectivity index (χ1) is 24.9. The van der Waals surface area contributed by atoms with Crippen LogP contribution in [0.4, 0.5) is 0 Å². The third-order valence-corrected chi connectivity index (χ3v) is 14.7. The molecule has 0 radical (unpaired) electrons. The number of benzene rings is 5. The topological polar surface area (TPSA) is 66.4 Å². The second-order valence-electron chi connectivity index (χ2n) is 14.2. The van der Waals surface area contributed by atoms with Crippen molar-refractivity contribution in [2.75, 3.05) is 13.2 Å². The summed E-state index contributed by atoms with van der Waals surface area (Å²) in [5.41, 5.74) is 3.10. The normalized spacial score (nSPS) is 21.0. The van der Waals surface area contributed by atoms with Gasteiger partial charge in [0.05, 0.1) is 33.0 Å². The average Bonchev–Trinajstić information content (AvgIpc) is 3.17. The van der Waals surface area contributed by atoms with Crippen LogP contribution < -0.4 is 10.4 Å². The number of hydrogen-bond donors (Lipinski definition) is 1. The minimum Gasteiger partial charge on any atom is -0.405 e. The van der Waals surface area contributed by atoms with Crippen LogP contribution in [0.2, 0.25) is 5.04 Å². The van der Waals surface area contributed by atoms with Crippen molar-refractivity contribution in [3.63, 3.8) is 0 Å². The minimum absolute atomic E-state index is 0.230. The third kappa shape index (κ3) is 8.94. The van der Waals surface area contributed by atoms with Crippen LogP contribution >= 0.6 is 0 Å². The summed E-state index contributed by atoms with van der Waals surface area (Å²) in [6, 6.07) is 51.4. The highest BCUT2D eigenvalue weighted by Gasteiger charge is 2.53. The molecule has 1 saturated heterocycles. The van der Waals surface area contributed by atoms with E-state index >= 15 is 0 Å². The van der Waals surface area contributed by atoms with E-state index in [2.05, 4.69) is 81.4 Å². The van der Waals surface area contributed by atoms with Crippen LogP contribution in [-0.2, 0) is 43.2 Å². The van der Waals surface area contributed by atoms with Gasteiger partial charge >= 0.3 is 0 Å². The van der Waals surface area contributed by atoms with Gasteiger partial charge < -0.3 is 28.5 Å². The van der Waals surface area contributed by atoms with Crippen LogP contribution in [0.25, 0.3) is 0 Å². The first kappa shape index (κ1) is 36.9. The Balaban J connectivity index is 1.38. The van der Waals surface area contributed by atoms with Crippen molar-refractivity contribution in [3.8, 4) is 0 Å². The highest BCUT2D eigenvalue weighted by molar-refractivity contribution is 6.99. The number of ether oxygens (including phenoxy) is 4. The number of aliphatic hydroxyl groups is 1. The molecule has 51 heavy (non-hydrogen) atoms. The Bertz CT molecular complexity index is 1680. The molecule has 0 bridgehead atoms. The van der Waals surface area contributed by atoms with E-state index in [1.165, 1.54) is 10.4 Å². The quantitative estimate of drug-likeness (QED) is 0.118. The maximum absolute atomic E-state index is 10.9. The molecule has 1 aliphatic heterocycles. The second-order valence-corrected chi connectivity index (χ2v) is 18.5. The zero-order chi connectivity index (χ0) is 35.5. The molecule has 1 fully saturated rings. The molecule has 5 aromatic carbocycles. The van der Waals surface area contributed by atoms with Crippen molar-refractivity contribution in [3.05, 3.63) is 168 Å². The molecule has 6 rings (SSSR count). The van der Waals surface area contributed by atoms with Crippen molar-refractivity contribution in [1.29, 1.82) is 0 Å². The van der Waals surface area contributed by atoms with Gasteiger partial charge in [-0.25, -0.2) is 0 Å². The lowest BCUT2D eigenvalue weighted by Gasteiger charge is -2.48. The van der Waals surface area contributed by atoms with Crippen molar-refractivity contribution >= 4 is 18.7 Å². The lowest BCUT2D eigenvalue weighted by Crippen LogP contribution is -2.68. The highest BCUT2D eigenvalue weighted by Crippen LogP contribution is 2.38. The van der Waals surface area contributed by atoms with E-state index < -0.39 is 38.8 Å². The van der Waals surface area contributed by atoms with Crippen molar-refractivity contribution in [2.45, 2.75) is 76.1 Å². The second kappa shape index (κ2) is 17.5. The molecule has 6 nitrogen and oxygen atoms in total. The Morgan fingerprint density at radius 1 is 0.510 bits per heavy atom. The molecular formula is C44H50O6Si. The predicted octanol–water partition coefficient (Wildman–Crippen LogP) is 7.08. The minimum atomic E-state index is -2.92. The van der Waals surface area contributed by atoms with E-state index in [4.69, 9.17) is 23.4 Å². The van der Waals surface area contributed by atoms with Gasteiger partial charge in [-0.3, -0.25) is 0 Å². The van der Waals surface area contributed by atoms with Crippen molar-refractivity contribution in [1.82, 2.24) is 0 Å². The van der Waals surface area contributed by atoms with E-state index in [0.29, 0.717) is 19.8 Å². The number of rotatable bonds is 15. The van der Waals surface area contributed by atoms with Gasteiger partial charge in [0.2, 0.25) is 0 Å². The Morgan fingerprint density at radius 3 is 1.24 bits per heavy atom. The van der Waals surface area contributed by atoms with Gasteiger partial charge in [-0.1, -0.05) is 172 Å². The molecule has 1 heterocycles. The monoisotopic (exact) mass is 702 g/mol. The molecule has 5 aromatic rings. The van der Waals surface area contributed by atoms with Gasteiger partial charge in [-0.15, -0.1) is 0 Å². The number of hydrogen-bond acceptors (Lipinski definition) is 6. The summed E-state index contributed by atoms with van der Waals surface area (Å²) < 4.78 is 34.5. The Labute approximate surface area is 304 Å². The van der Waals surface area contributed by atoms with Gasteiger partial charge in [0, 0.05) is 0 Å². The maximum atomic E-state index is 10.9. The van der Waals surface area contributed by atoms with Crippen LogP contribution in [0.1, 0.15) is 37.5 Å². The highest BCUT2D eigenvalue weighted by atomic mass is 28.4. The summed E-state index contributed by atoms with van der Waals surface area (Å²) in [5, 5.41) is 13.0. The van der Waals surface area contributed by atoms with Crippen LogP contribution in [0, 0.1) is 0 Å². The summed E-state index contributed by atoms with van der Waals surface area (Å²) in [6.45, 7) is 7.82. The summed E-state index contributed by atoms with van der Waals surface area (Å²) in [7, 11) is -2.92. The average molecular weight is 703 g/mol. The van der Waals surface area contributed by atoms with Gasteiger partial charge in [0.25, 0.3) is 8.32 Å². The molecule has 1 aliphatic rings. The van der Waals surface area contributed by atoms with Crippen molar-refractivity contribution < 1.29 is 28.5 Å². The lowest BCUT2D eigenvalue weighted by atomic mass is 9.94. The predicted molar refractivity (Wildman–Crippen MR) is 204 cm³/mol. The fourth-order valence-electron chi connectivity index (χ4n) is 7.13. The SMILES string of the molecule is CC(C)(C)[Si](OC[C@H]1O[C@@H](CO)[C@H](OCc2ccccc2)[C@@H](OCc2ccccc2)[C@H]1OCc1ccccc1)(c1ccccc1)c1ccccc1. The van der Waals surface area contributed by atoms with Gasteiger partial charge in [-0.05, 0) is 32.1 Å². The first-order valence-corrected chi connectivity index (χ1v) is 19.8. The molecule has 0 unspecified atom stereocenters. The zero-order valence-corrected chi connectivity index (χ0v) is 30.8. The van der Waals surface area contributed by atoms with E-state index in [9.17, 15) is 5.11 Å².